The fraction of sp³-hybridized carbons (Fsp3) is 0.130. The van der Waals surface area contributed by atoms with Crippen molar-refractivity contribution in [3.63, 3.8) is 0 Å². The SMILES string of the molecule is CO/C=C(/C(=O)OC)c1ccccc1Oc1cc(Oc2ccccc2C#N)nc(C)n1. The van der Waals surface area contributed by atoms with Crippen molar-refractivity contribution in [2.24, 2.45) is 0 Å². The predicted octanol–water partition coefficient (Wildman–Crippen LogP) is 4.40. The fourth-order valence-electron chi connectivity index (χ4n) is 2.72. The number of carbonyl (C=O) groups is 1. The molecule has 0 saturated carbocycles. The van der Waals surface area contributed by atoms with E-state index < -0.39 is 5.97 Å². The van der Waals surface area contributed by atoms with Gasteiger partial charge < -0.3 is 18.9 Å². The Labute approximate surface area is 179 Å². The molecule has 3 rings (SSSR count). The van der Waals surface area contributed by atoms with Gasteiger partial charge in [-0.2, -0.15) is 15.2 Å². The number of para-hydroxylation sites is 2. The van der Waals surface area contributed by atoms with Gasteiger partial charge in [0, 0.05) is 5.56 Å². The second-order valence-corrected chi connectivity index (χ2v) is 6.16. The Morgan fingerprint density at radius 3 is 2.23 bits per heavy atom. The van der Waals surface area contributed by atoms with Crippen molar-refractivity contribution < 1.29 is 23.7 Å². The van der Waals surface area contributed by atoms with Gasteiger partial charge in [0.05, 0.1) is 32.1 Å². The Bertz CT molecular complexity index is 1170. The third kappa shape index (κ3) is 5.16. The van der Waals surface area contributed by atoms with Crippen LogP contribution in [-0.2, 0) is 14.3 Å². The van der Waals surface area contributed by atoms with Crippen LogP contribution in [0.15, 0.2) is 60.9 Å². The molecule has 3 aromatic rings. The Morgan fingerprint density at radius 1 is 0.968 bits per heavy atom. The summed E-state index contributed by atoms with van der Waals surface area (Å²) in [6, 6.07) is 17.3. The van der Waals surface area contributed by atoms with Gasteiger partial charge in [-0.1, -0.05) is 30.3 Å². The van der Waals surface area contributed by atoms with E-state index in [0.717, 1.165) is 0 Å². The van der Waals surface area contributed by atoms with Gasteiger partial charge in [-0.3, -0.25) is 0 Å². The summed E-state index contributed by atoms with van der Waals surface area (Å²) in [5, 5.41) is 9.25. The number of rotatable bonds is 7. The van der Waals surface area contributed by atoms with Crippen LogP contribution in [0.1, 0.15) is 17.0 Å². The summed E-state index contributed by atoms with van der Waals surface area (Å²) in [6.45, 7) is 1.69. The smallest absolute Gasteiger partial charge is 0.341 e. The van der Waals surface area contributed by atoms with Gasteiger partial charge >= 0.3 is 5.97 Å². The molecule has 8 nitrogen and oxygen atoms in total. The minimum atomic E-state index is -0.575. The molecule has 0 bridgehead atoms. The molecule has 0 aliphatic carbocycles. The quantitative estimate of drug-likeness (QED) is 0.316. The molecule has 0 unspecified atom stereocenters. The highest BCUT2D eigenvalue weighted by atomic mass is 16.5. The highest BCUT2D eigenvalue weighted by Gasteiger charge is 2.19. The first kappa shape index (κ1) is 21.3. The molecule has 8 heteroatoms. The molecular formula is C23H19N3O5. The number of carbonyl (C=O) groups excluding carboxylic acids is 1. The minimum absolute atomic E-state index is 0.186. The van der Waals surface area contributed by atoms with E-state index >= 15 is 0 Å². The van der Waals surface area contributed by atoms with Crippen LogP contribution in [0.25, 0.3) is 5.57 Å². The number of esters is 1. The van der Waals surface area contributed by atoms with Crippen LogP contribution >= 0.6 is 0 Å². The zero-order valence-electron chi connectivity index (χ0n) is 17.2. The molecule has 0 fully saturated rings. The number of ether oxygens (including phenoxy) is 4. The lowest BCUT2D eigenvalue weighted by Gasteiger charge is -2.13. The van der Waals surface area contributed by atoms with E-state index in [-0.39, 0.29) is 17.3 Å². The number of methoxy groups -OCH3 is 2. The van der Waals surface area contributed by atoms with Gasteiger partial charge in [0.15, 0.2) is 0 Å². The Balaban J connectivity index is 1.95. The topological polar surface area (TPSA) is 104 Å². The van der Waals surface area contributed by atoms with E-state index in [1.807, 2.05) is 0 Å². The molecule has 0 spiro atoms. The van der Waals surface area contributed by atoms with Crippen LogP contribution < -0.4 is 9.47 Å². The third-order valence-electron chi connectivity index (χ3n) is 4.05. The van der Waals surface area contributed by atoms with Gasteiger partial charge in [0.2, 0.25) is 11.8 Å². The summed E-state index contributed by atoms with van der Waals surface area (Å²) in [4.78, 5) is 20.7. The zero-order valence-corrected chi connectivity index (χ0v) is 17.2. The zero-order chi connectivity index (χ0) is 22.2. The van der Waals surface area contributed by atoms with E-state index in [1.165, 1.54) is 26.5 Å². The molecule has 0 saturated heterocycles. The molecule has 0 aliphatic rings. The number of aromatic nitrogens is 2. The molecule has 0 aliphatic heterocycles. The van der Waals surface area contributed by atoms with Crippen LogP contribution in [0.5, 0.6) is 23.3 Å². The van der Waals surface area contributed by atoms with Crippen molar-refractivity contribution in [3.05, 3.63) is 77.8 Å². The van der Waals surface area contributed by atoms with Gasteiger partial charge in [-0.15, -0.1) is 0 Å². The number of hydrogen-bond donors (Lipinski definition) is 0. The van der Waals surface area contributed by atoms with Crippen molar-refractivity contribution in [1.82, 2.24) is 9.97 Å². The second-order valence-electron chi connectivity index (χ2n) is 6.16. The molecule has 31 heavy (non-hydrogen) atoms. The Hall–Kier alpha value is -4.38. The third-order valence-corrected chi connectivity index (χ3v) is 4.05. The first-order chi connectivity index (χ1) is 15.0. The van der Waals surface area contributed by atoms with Crippen molar-refractivity contribution >= 4 is 11.5 Å². The van der Waals surface area contributed by atoms with Crippen LogP contribution in [0, 0.1) is 18.3 Å². The minimum Gasteiger partial charge on any atom is -0.503 e. The average Bonchev–Trinajstić information content (AvgIpc) is 2.77. The van der Waals surface area contributed by atoms with Crippen molar-refractivity contribution in [3.8, 4) is 29.3 Å². The number of nitrogens with zero attached hydrogens (tertiary/aromatic N) is 3. The maximum atomic E-state index is 12.2. The van der Waals surface area contributed by atoms with E-state index in [4.69, 9.17) is 18.9 Å². The van der Waals surface area contributed by atoms with Crippen LogP contribution in [0.2, 0.25) is 0 Å². The van der Waals surface area contributed by atoms with Crippen LogP contribution in [0.3, 0.4) is 0 Å². The molecule has 2 aromatic carbocycles. The lowest BCUT2D eigenvalue weighted by molar-refractivity contribution is -0.133. The second kappa shape index (κ2) is 9.89. The summed E-state index contributed by atoms with van der Waals surface area (Å²) in [5.74, 6) is 0.964. The Kier molecular flexibility index (Phi) is 6.81. The first-order valence-corrected chi connectivity index (χ1v) is 9.17. The van der Waals surface area contributed by atoms with Crippen molar-refractivity contribution in [2.45, 2.75) is 6.92 Å². The van der Waals surface area contributed by atoms with Gasteiger partial charge in [-0.05, 0) is 25.1 Å². The van der Waals surface area contributed by atoms with Crippen LogP contribution in [-0.4, -0.2) is 30.2 Å². The van der Waals surface area contributed by atoms with E-state index in [9.17, 15) is 10.1 Å². The first-order valence-electron chi connectivity index (χ1n) is 9.17. The summed E-state index contributed by atoms with van der Waals surface area (Å²) >= 11 is 0. The highest BCUT2D eigenvalue weighted by molar-refractivity contribution is 6.17. The fourth-order valence-corrected chi connectivity index (χ4v) is 2.72. The van der Waals surface area contributed by atoms with Gasteiger partial charge in [0.1, 0.15) is 29.0 Å². The number of aryl methyl sites for hydroxylation is 1. The molecule has 1 aromatic heterocycles. The Morgan fingerprint density at radius 2 is 1.58 bits per heavy atom. The standard InChI is InChI=1S/C23H19N3O5/c1-15-25-21(30-19-10-6-4-8-16(19)13-24)12-22(26-15)31-20-11-7-5-9-17(20)18(14-28-2)23(27)29-3/h4-12,14H,1-3H3/b18-14+. The summed E-state index contributed by atoms with van der Waals surface area (Å²) in [5.41, 5.74) is 1.02. The van der Waals surface area contributed by atoms with E-state index in [1.54, 1.807) is 55.5 Å². The normalized spacial score (nSPS) is 10.7. The molecule has 156 valence electrons. The number of nitriles is 1. The lowest BCUT2D eigenvalue weighted by Crippen LogP contribution is -2.06. The summed E-state index contributed by atoms with van der Waals surface area (Å²) in [6.07, 6.45) is 1.28. The molecule has 0 atom stereocenters. The van der Waals surface area contributed by atoms with Crippen LogP contribution in [0.4, 0.5) is 0 Å². The monoisotopic (exact) mass is 417 g/mol. The lowest BCUT2D eigenvalue weighted by atomic mass is 10.1. The molecule has 0 amide bonds. The summed E-state index contributed by atoms with van der Waals surface area (Å²) in [7, 11) is 2.72. The van der Waals surface area contributed by atoms with Gasteiger partial charge in [0.25, 0.3) is 0 Å². The number of hydrogen-bond acceptors (Lipinski definition) is 8. The van der Waals surface area contributed by atoms with Crippen molar-refractivity contribution in [1.29, 1.82) is 5.26 Å². The molecule has 0 N–H and O–H groups in total. The highest BCUT2D eigenvalue weighted by Crippen LogP contribution is 2.32. The van der Waals surface area contributed by atoms with Gasteiger partial charge in [-0.25, -0.2) is 4.79 Å². The van der Waals surface area contributed by atoms with Crippen molar-refractivity contribution in [2.75, 3.05) is 14.2 Å². The maximum Gasteiger partial charge on any atom is 0.341 e. The number of benzene rings is 2. The van der Waals surface area contributed by atoms with E-state index in [2.05, 4.69) is 16.0 Å². The largest absolute Gasteiger partial charge is 0.503 e. The molecular weight excluding hydrogens is 398 g/mol. The predicted molar refractivity (Wildman–Crippen MR) is 112 cm³/mol. The molecule has 1 heterocycles. The average molecular weight is 417 g/mol. The summed E-state index contributed by atoms with van der Waals surface area (Å²) < 4.78 is 21.6. The maximum absolute atomic E-state index is 12.2. The molecule has 0 radical (unpaired) electrons. The van der Waals surface area contributed by atoms with E-state index in [0.29, 0.717) is 28.5 Å².